The predicted molar refractivity (Wildman–Crippen MR) is 113 cm³/mol. The van der Waals surface area contributed by atoms with Gasteiger partial charge in [0.05, 0.1) is 11.4 Å². The number of amides is 1. The number of sulfonamides is 1. The molecule has 0 heterocycles. The van der Waals surface area contributed by atoms with Crippen LogP contribution < -0.4 is 14.8 Å². The van der Waals surface area contributed by atoms with E-state index in [1.165, 1.54) is 36.4 Å². The SMILES string of the molecule is Cc1ccc(OCCNC(=O)c2cccc(S(=O)(=O)Nc3ccc(F)cc3)c2)cc1. The maximum atomic E-state index is 13.0. The molecule has 8 heteroatoms. The van der Waals surface area contributed by atoms with Gasteiger partial charge in [-0.15, -0.1) is 0 Å². The molecule has 0 aliphatic carbocycles. The van der Waals surface area contributed by atoms with Gasteiger partial charge >= 0.3 is 0 Å². The van der Waals surface area contributed by atoms with Crippen LogP contribution in [-0.2, 0) is 10.0 Å². The highest BCUT2D eigenvalue weighted by atomic mass is 32.2. The van der Waals surface area contributed by atoms with Gasteiger partial charge in [0.1, 0.15) is 18.2 Å². The minimum Gasteiger partial charge on any atom is -0.492 e. The van der Waals surface area contributed by atoms with Crippen LogP contribution in [0.25, 0.3) is 0 Å². The van der Waals surface area contributed by atoms with Gasteiger partial charge in [-0.1, -0.05) is 23.8 Å². The minimum absolute atomic E-state index is 0.0737. The molecule has 2 N–H and O–H groups in total. The van der Waals surface area contributed by atoms with Crippen molar-refractivity contribution in [2.75, 3.05) is 17.9 Å². The summed E-state index contributed by atoms with van der Waals surface area (Å²) in [6, 6.07) is 18.2. The van der Waals surface area contributed by atoms with Crippen molar-refractivity contribution in [1.82, 2.24) is 5.32 Å². The summed E-state index contributed by atoms with van der Waals surface area (Å²) in [6.07, 6.45) is 0. The summed E-state index contributed by atoms with van der Waals surface area (Å²) in [5.74, 6) is -0.181. The van der Waals surface area contributed by atoms with Crippen molar-refractivity contribution in [2.24, 2.45) is 0 Å². The number of aryl methyl sites for hydroxylation is 1. The molecule has 156 valence electrons. The lowest BCUT2D eigenvalue weighted by atomic mass is 10.2. The van der Waals surface area contributed by atoms with Gasteiger partial charge in [-0.25, -0.2) is 12.8 Å². The van der Waals surface area contributed by atoms with E-state index < -0.39 is 21.7 Å². The van der Waals surface area contributed by atoms with Crippen LogP contribution in [0, 0.1) is 12.7 Å². The van der Waals surface area contributed by atoms with Crippen molar-refractivity contribution in [2.45, 2.75) is 11.8 Å². The third kappa shape index (κ3) is 5.81. The van der Waals surface area contributed by atoms with Gasteiger partial charge in [-0.05, 0) is 61.5 Å². The Balaban J connectivity index is 1.58. The Kier molecular flexibility index (Phi) is 6.68. The molecule has 0 aliphatic heterocycles. The molecule has 1 amide bonds. The van der Waals surface area contributed by atoms with E-state index in [2.05, 4.69) is 10.0 Å². The van der Waals surface area contributed by atoms with Crippen molar-refractivity contribution >= 4 is 21.6 Å². The molecule has 0 radical (unpaired) electrons. The van der Waals surface area contributed by atoms with E-state index in [0.717, 1.165) is 17.7 Å². The van der Waals surface area contributed by atoms with Gasteiger partial charge < -0.3 is 10.1 Å². The number of anilines is 1. The van der Waals surface area contributed by atoms with Gasteiger partial charge in [0.25, 0.3) is 15.9 Å². The number of carbonyl (C=O) groups is 1. The second-order valence-corrected chi connectivity index (χ2v) is 8.24. The molecule has 0 saturated heterocycles. The van der Waals surface area contributed by atoms with Gasteiger partial charge in [-0.2, -0.15) is 0 Å². The third-order valence-corrected chi connectivity index (χ3v) is 5.56. The first-order valence-corrected chi connectivity index (χ1v) is 10.7. The summed E-state index contributed by atoms with van der Waals surface area (Å²) in [5, 5.41) is 2.69. The second-order valence-electron chi connectivity index (χ2n) is 6.56. The molecule has 0 spiro atoms. The molecule has 3 aromatic carbocycles. The summed E-state index contributed by atoms with van der Waals surface area (Å²) in [4.78, 5) is 12.3. The van der Waals surface area contributed by atoms with Crippen molar-refractivity contribution in [1.29, 1.82) is 0 Å². The number of hydrogen-bond donors (Lipinski definition) is 2. The van der Waals surface area contributed by atoms with Crippen molar-refractivity contribution in [3.63, 3.8) is 0 Å². The normalized spacial score (nSPS) is 11.0. The first kappa shape index (κ1) is 21.3. The zero-order valence-corrected chi connectivity index (χ0v) is 17.1. The van der Waals surface area contributed by atoms with Crippen molar-refractivity contribution < 1.29 is 22.3 Å². The Morgan fingerprint density at radius 3 is 2.40 bits per heavy atom. The number of benzene rings is 3. The van der Waals surface area contributed by atoms with Crippen LogP contribution in [0.4, 0.5) is 10.1 Å². The maximum Gasteiger partial charge on any atom is 0.261 e. The Morgan fingerprint density at radius 2 is 1.70 bits per heavy atom. The fraction of sp³-hybridized carbons (Fsp3) is 0.136. The molecule has 0 unspecified atom stereocenters. The third-order valence-electron chi connectivity index (χ3n) is 4.18. The number of rotatable bonds is 8. The van der Waals surface area contributed by atoms with E-state index in [4.69, 9.17) is 4.74 Å². The Bertz CT molecular complexity index is 1110. The molecule has 6 nitrogen and oxygen atoms in total. The largest absolute Gasteiger partial charge is 0.492 e. The lowest BCUT2D eigenvalue weighted by Gasteiger charge is -2.10. The van der Waals surface area contributed by atoms with Crippen LogP contribution in [0.3, 0.4) is 0 Å². The zero-order chi connectivity index (χ0) is 21.6. The number of nitrogens with one attached hydrogen (secondary N) is 2. The molecule has 30 heavy (non-hydrogen) atoms. The van der Waals surface area contributed by atoms with Gasteiger partial charge in [0.2, 0.25) is 0 Å². The molecule has 3 rings (SSSR count). The molecule has 0 aliphatic rings. The zero-order valence-electron chi connectivity index (χ0n) is 16.3. The van der Waals surface area contributed by atoms with E-state index in [0.29, 0.717) is 5.75 Å². The highest BCUT2D eigenvalue weighted by Crippen LogP contribution is 2.17. The van der Waals surface area contributed by atoms with E-state index in [1.807, 2.05) is 31.2 Å². The fourth-order valence-corrected chi connectivity index (χ4v) is 3.71. The summed E-state index contributed by atoms with van der Waals surface area (Å²) in [7, 11) is -3.92. The van der Waals surface area contributed by atoms with Crippen LogP contribution in [0.15, 0.2) is 77.7 Å². The Labute approximate surface area is 174 Å². The topological polar surface area (TPSA) is 84.5 Å². The molecule has 0 aromatic heterocycles. The number of hydrogen-bond acceptors (Lipinski definition) is 4. The molecular formula is C22H21FN2O4S. The molecule has 3 aromatic rings. The van der Waals surface area contributed by atoms with Gasteiger partial charge in [0, 0.05) is 11.3 Å². The fourth-order valence-electron chi connectivity index (χ4n) is 2.61. The second kappa shape index (κ2) is 9.41. The first-order chi connectivity index (χ1) is 14.3. The number of halogens is 1. The first-order valence-electron chi connectivity index (χ1n) is 9.20. The molecular weight excluding hydrogens is 407 g/mol. The van der Waals surface area contributed by atoms with E-state index >= 15 is 0 Å². The Morgan fingerprint density at radius 1 is 1.00 bits per heavy atom. The standard InChI is InChI=1S/C22H21FN2O4S/c1-16-5-11-20(12-6-16)29-14-13-24-22(26)17-3-2-4-21(15-17)30(27,28)25-19-9-7-18(23)8-10-19/h2-12,15,25H,13-14H2,1H3,(H,24,26). The maximum absolute atomic E-state index is 13.0. The van der Waals surface area contributed by atoms with Crippen LogP contribution in [0.5, 0.6) is 5.75 Å². The van der Waals surface area contributed by atoms with Crippen molar-refractivity contribution in [3.05, 3.63) is 89.7 Å². The summed E-state index contributed by atoms with van der Waals surface area (Å²) in [5.41, 5.74) is 1.55. The summed E-state index contributed by atoms with van der Waals surface area (Å²) < 4.78 is 46.0. The van der Waals surface area contributed by atoms with Crippen LogP contribution in [-0.4, -0.2) is 27.5 Å². The van der Waals surface area contributed by atoms with Gasteiger partial charge in [0.15, 0.2) is 0 Å². The molecule has 0 bridgehead atoms. The van der Waals surface area contributed by atoms with Crippen LogP contribution >= 0.6 is 0 Å². The summed E-state index contributed by atoms with van der Waals surface area (Å²) >= 11 is 0. The van der Waals surface area contributed by atoms with Crippen molar-refractivity contribution in [3.8, 4) is 5.75 Å². The van der Waals surface area contributed by atoms with Crippen LogP contribution in [0.2, 0.25) is 0 Å². The van der Waals surface area contributed by atoms with Gasteiger partial charge in [-0.3, -0.25) is 9.52 Å². The Hall–Kier alpha value is -3.39. The lowest BCUT2D eigenvalue weighted by Crippen LogP contribution is -2.28. The van der Waals surface area contributed by atoms with E-state index in [9.17, 15) is 17.6 Å². The predicted octanol–water partition coefficient (Wildman–Crippen LogP) is 3.74. The molecule has 0 fully saturated rings. The smallest absolute Gasteiger partial charge is 0.261 e. The summed E-state index contributed by atoms with van der Waals surface area (Å²) in [6.45, 7) is 2.52. The number of ether oxygens (including phenoxy) is 1. The lowest BCUT2D eigenvalue weighted by molar-refractivity contribution is 0.0947. The minimum atomic E-state index is -3.92. The highest BCUT2D eigenvalue weighted by molar-refractivity contribution is 7.92. The van der Waals surface area contributed by atoms with Crippen LogP contribution in [0.1, 0.15) is 15.9 Å². The average molecular weight is 428 g/mol. The number of carbonyl (C=O) groups excluding carboxylic acids is 1. The quantitative estimate of drug-likeness (QED) is 0.536. The average Bonchev–Trinajstić information content (AvgIpc) is 2.74. The van der Waals surface area contributed by atoms with E-state index in [-0.39, 0.29) is 29.3 Å². The molecule has 0 atom stereocenters. The monoisotopic (exact) mass is 428 g/mol. The molecule has 0 saturated carbocycles. The van der Waals surface area contributed by atoms with E-state index in [1.54, 1.807) is 0 Å². The highest BCUT2D eigenvalue weighted by Gasteiger charge is 2.16.